The Labute approximate surface area is 189 Å². The largest absolute Gasteiger partial charge is 0.497 e. The average molecular weight is 447 g/mol. The van der Waals surface area contributed by atoms with E-state index in [4.69, 9.17) is 16.3 Å². The van der Waals surface area contributed by atoms with E-state index in [1.54, 1.807) is 18.2 Å². The molecule has 0 fully saturated rings. The van der Waals surface area contributed by atoms with Crippen molar-refractivity contribution in [1.29, 1.82) is 0 Å². The summed E-state index contributed by atoms with van der Waals surface area (Å²) in [7, 11) is 1.53. The van der Waals surface area contributed by atoms with E-state index in [-0.39, 0.29) is 10.9 Å². The number of carbonyl (C=O) groups is 2. The number of fused-ring (bicyclic) bond motifs is 1. The summed E-state index contributed by atoms with van der Waals surface area (Å²) in [5.41, 5.74) is 3.47. The van der Waals surface area contributed by atoms with E-state index in [1.165, 1.54) is 20.4 Å². The Kier molecular flexibility index (Phi) is 6.00. The van der Waals surface area contributed by atoms with Crippen molar-refractivity contribution >= 4 is 45.8 Å². The number of methoxy groups -OCH3 is 1. The first-order chi connectivity index (χ1) is 15.4. The summed E-state index contributed by atoms with van der Waals surface area (Å²) in [4.78, 5) is 32.8. The molecule has 0 unspecified atom stereocenters. The molecule has 1 heterocycles. The molecule has 32 heavy (non-hydrogen) atoms. The highest BCUT2D eigenvalue weighted by Gasteiger charge is 2.15. The molecule has 2 amide bonds. The molecule has 7 nitrogen and oxygen atoms in total. The molecule has 4 rings (SSSR count). The van der Waals surface area contributed by atoms with Gasteiger partial charge >= 0.3 is 0 Å². The molecule has 0 saturated heterocycles. The van der Waals surface area contributed by atoms with Gasteiger partial charge in [-0.1, -0.05) is 29.8 Å². The number of hydrogen-bond acceptors (Lipinski definition) is 5. The van der Waals surface area contributed by atoms with Crippen LogP contribution in [0.3, 0.4) is 0 Å². The van der Waals surface area contributed by atoms with Gasteiger partial charge < -0.3 is 15.4 Å². The summed E-state index contributed by atoms with van der Waals surface area (Å²) >= 11 is 6.24. The van der Waals surface area contributed by atoms with Crippen molar-refractivity contribution < 1.29 is 14.3 Å². The summed E-state index contributed by atoms with van der Waals surface area (Å²) in [6.07, 6.45) is 1.39. The van der Waals surface area contributed by atoms with Crippen LogP contribution >= 0.6 is 11.6 Å². The quantitative estimate of drug-likeness (QED) is 0.441. The average Bonchev–Trinajstić information content (AvgIpc) is 2.78. The van der Waals surface area contributed by atoms with E-state index >= 15 is 0 Å². The lowest BCUT2D eigenvalue weighted by atomic mass is 10.0. The number of anilines is 2. The van der Waals surface area contributed by atoms with E-state index in [9.17, 15) is 9.59 Å². The zero-order chi connectivity index (χ0) is 22.7. The number of aromatic nitrogens is 2. The molecule has 0 aliphatic rings. The van der Waals surface area contributed by atoms with Crippen LogP contribution in [-0.4, -0.2) is 28.9 Å². The second kappa shape index (κ2) is 9.03. The highest BCUT2D eigenvalue weighted by Crippen LogP contribution is 2.29. The third kappa shape index (κ3) is 4.53. The van der Waals surface area contributed by atoms with Gasteiger partial charge in [-0.3, -0.25) is 9.59 Å². The third-order valence-corrected chi connectivity index (χ3v) is 5.12. The van der Waals surface area contributed by atoms with Crippen LogP contribution in [0.2, 0.25) is 5.02 Å². The fourth-order valence-corrected chi connectivity index (χ4v) is 3.55. The number of hydrogen-bond donors (Lipinski definition) is 2. The van der Waals surface area contributed by atoms with Crippen molar-refractivity contribution in [2.45, 2.75) is 6.92 Å². The number of nitrogens with zero attached hydrogens (tertiary/aromatic N) is 2. The van der Waals surface area contributed by atoms with E-state index in [0.717, 1.165) is 11.1 Å². The van der Waals surface area contributed by atoms with Crippen LogP contribution in [0.5, 0.6) is 5.75 Å². The number of nitrogens with one attached hydrogen (secondary N) is 2. The summed E-state index contributed by atoms with van der Waals surface area (Å²) in [6.45, 7) is 1.46. The van der Waals surface area contributed by atoms with Gasteiger partial charge in [-0.05, 0) is 53.6 Å². The maximum Gasteiger partial charge on any atom is 0.258 e. The Bertz CT molecular complexity index is 1340. The molecule has 4 aromatic rings. The minimum atomic E-state index is -0.393. The number of ether oxygens (including phenoxy) is 1. The first kappa shape index (κ1) is 21.3. The molecule has 0 aliphatic heterocycles. The Balaban J connectivity index is 1.69. The van der Waals surface area contributed by atoms with Gasteiger partial charge in [0.15, 0.2) is 0 Å². The number of benzene rings is 3. The van der Waals surface area contributed by atoms with Crippen LogP contribution in [0.4, 0.5) is 11.5 Å². The SMILES string of the molecule is COc1ccc(C(=O)Nc2ncnc3ccc(-c4cccc(NC(C)=O)c4)cc23)c(Cl)c1. The third-order valence-electron chi connectivity index (χ3n) is 4.80. The van der Waals surface area contributed by atoms with Crippen molar-refractivity contribution in [3.63, 3.8) is 0 Å². The van der Waals surface area contributed by atoms with E-state index in [2.05, 4.69) is 20.6 Å². The predicted octanol–water partition coefficient (Wildman–Crippen LogP) is 5.17. The van der Waals surface area contributed by atoms with Crippen molar-refractivity contribution in [2.24, 2.45) is 0 Å². The van der Waals surface area contributed by atoms with Crippen LogP contribution in [0.15, 0.2) is 67.0 Å². The van der Waals surface area contributed by atoms with Gasteiger partial charge in [-0.2, -0.15) is 0 Å². The number of amides is 2. The summed E-state index contributed by atoms with van der Waals surface area (Å²) < 4.78 is 5.13. The monoisotopic (exact) mass is 446 g/mol. The van der Waals surface area contributed by atoms with Gasteiger partial charge in [-0.15, -0.1) is 0 Å². The lowest BCUT2D eigenvalue weighted by molar-refractivity contribution is -0.114. The topological polar surface area (TPSA) is 93.2 Å². The summed E-state index contributed by atoms with van der Waals surface area (Å²) in [5.74, 6) is 0.392. The molecule has 0 bridgehead atoms. The number of rotatable bonds is 5. The maximum atomic E-state index is 12.8. The lowest BCUT2D eigenvalue weighted by Crippen LogP contribution is -2.14. The number of carbonyl (C=O) groups excluding carboxylic acids is 2. The highest BCUT2D eigenvalue weighted by atomic mass is 35.5. The van der Waals surface area contributed by atoms with E-state index < -0.39 is 5.91 Å². The molecule has 0 radical (unpaired) electrons. The molecule has 160 valence electrons. The van der Waals surface area contributed by atoms with Crippen molar-refractivity contribution in [2.75, 3.05) is 17.7 Å². The standard InChI is InChI=1S/C24H19ClN4O3/c1-14(30)28-17-5-3-4-15(10-17)16-6-9-22-20(11-16)23(27-13-26-22)29-24(31)19-8-7-18(32-2)12-21(19)25/h3-13H,1-2H3,(H,28,30)(H,26,27,29,31). The fourth-order valence-electron chi connectivity index (χ4n) is 3.30. The molecular formula is C24H19ClN4O3. The highest BCUT2D eigenvalue weighted by molar-refractivity contribution is 6.34. The Hall–Kier alpha value is -3.97. The van der Waals surface area contributed by atoms with E-state index in [0.29, 0.717) is 33.7 Å². The van der Waals surface area contributed by atoms with Crippen LogP contribution < -0.4 is 15.4 Å². The molecule has 8 heteroatoms. The molecular weight excluding hydrogens is 428 g/mol. The van der Waals surface area contributed by atoms with Crippen molar-refractivity contribution in [3.8, 4) is 16.9 Å². The van der Waals surface area contributed by atoms with Crippen LogP contribution in [0.1, 0.15) is 17.3 Å². The normalized spacial score (nSPS) is 10.6. The van der Waals surface area contributed by atoms with E-state index in [1.807, 2.05) is 42.5 Å². The molecule has 1 aromatic heterocycles. The minimum absolute atomic E-state index is 0.142. The van der Waals surface area contributed by atoms with Crippen LogP contribution in [-0.2, 0) is 4.79 Å². The first-order valence-electron chi connectivity index (χ1n) is 9.72. The zero-order valence-electron chi connectivity index (χ0n) is 17.3. The predicted molar refractivity (Wildman–Crippen MR) is 125 cm³/mol. The van der Waals surface area contributed by atoms with Gasteiger partial charge in [0.2, 0.25) is 5.91 Å². The summed E-state index contributed by atoms with van der Waals surface area (Å²) in [5, 5.41) is 6.55. The second-order valence-electron chi connectivity index (χ2n) is 7.02. The first-order valence-corrected chi connectivity index (χ1v) is 10.1. The lowest BCUT2D eigenvalue weighted by Gasteiger charge is -2.11. The van der Waals surface area contributed by atoms with Gasteiger partial charge in [0, 0.05) is 18.0 Å². The van der Waals surface area contributed by atoms with Gasteiger partial charge in [-0.25, -0.2) is 9.97 Å². The summed E-state index contributed by atoms with van der Waals surface area (Å²) in [6, 6.07) is 18.0. The van der Waals surface area contributed by atoms with Crippen LogP contribution in [0, 0.1) is 0 Å². The Morgan fingerprint density at radius 1 is 0.938 bits per heavy atom. The Morgan fingerprint density at radius 3 is 2.50 bits per heavy atom. The Morgan fingerprint density at radius 2 is 1.75 bits per heavy atom. The van der Waals surface area contributed by atoms with Gasteiger partial charge in [0.25, 0.3) is 5.91 Å². The molecule has 2 N–H and O–H groups in total. The van der Waals surface area contributed by atoms with Crippen molar-refractivity contribution in [3.05, 3.63) is 77.6 Å². The smallest absolute Gasteiger partial charge is 0.258 e. The fraction of sp³-hybridized carbons (Fsp3) is 0.0833. The number of halogens is 1. The van der Waals surface area contributed by atoms with Crippen molar-refractivity contribution in [1.82, 2.24) is 9.97 Å². The molecule has 0 atom stereocenters. The van der Waals surface area contributed by atoms with Gasteiger partial charge in [0.05, 0.1) is 23.2 Å². The zero-order valence-corrected chi connectivity index (χ0v) is 18.1. The maximum absolute atomic E-state index is 12.8. The molecule has 0 spiro atoms. The van der Waals surface area contributed by atoms with Gasteiger partial charge in [0.1, 0.15) is 17.9 Å². The molecule has 0 aliphatic carbocycles. The minimum Gasteiger partial charge on any atom is -0.497 e. The van der Waals surface area contributed by atoms with Crippen LogP contribution in [0.25, 0.3) is 22.0 Å². The molecule has 0 saturated carbocycles. The second-order valence-corrected chi connectivity index (χ2v) is 7.42. The molecule has 3 aromatic carbocycles.